The molecule has 0 atom stereocenters. The lowest BCUT2D eigenvalue weighted by molar-refractivity contribution is 0.578. The molecule has 6 heterocycles. The highest BCUT2D eigenvalue weighted by Crippen LogP contribution is 2.32. The van der Waals surface area contributed by atoms with Gasteiger partial charge in [-0.2, -0.15) is 5.10 Å². The van der Waals surface area contributed by atoms with Crippen LogP contribution in [0, 0.1) is 0 Å². The maximum Gasteiger partial charge on any atom is 0.181 e. The summed E-state index contributed by atoms with van der Waals surface area (Å²) in [5, 5.41) is 8.35. The van der Waals surface area contributed by atoms with Crippen molar-refractivity contribution in [1.82, 2.24) is 40.1 Å². The third-order valence-electron chi connectivity index (χ3n) is 5.61. The van der Waals surface area contributed by atoms with Gasteiger partial charge in [0, 0.05) is 42.8 Å². The Hall–Kier alpha value is -3.88. The van der Waals surface area contributed by atoms with Crippen molar-refractivity contribution in [2.24, 2.45) is 0 Å². The first-order valence-electron chi connectivity index (χ1n) is 10.1. The molecule has 9 heteroatoms. The minimum Gasteiger partial charge on any atom is -0.368 e. The molecule has 0 bridgehead atoms. The molecule has 0 unspecified atom stereocenters. The van der Waals surface area contributed by atoms with E-state index >= 15 is 0 Å². The largest absolute Gasteiger partial charge is 0.368 e. The van der Waals surface area contributed by atoms with Crippen molar-refractivity contribution in [2.45, 2.75) is 19.3 Å². The Labute approximate surface area is 171 Å². The van der Waals surface area contributed by atoms with Crippen LogP contribution >= 0.6 is 0 Å². The third-order valence-corrected chi connectivity index (χ3v) is 5.61. The first kappa shape index (κ1) is 17.0. The molecule has 2 N–H and O–H groups in total. The smallest absolute Gasteiger partial charge is 0.181 e. The highest BCUT2D eigenvalue weighted by molar-refractivity contribution is 5.95. The Kier molecular flexibility index (Phi) is 3.90. The standard InChI is InChI=1S/C21H19N9/c1-2-4-30(5-3-1)17-11-22-10-16-19(17)27-21(26-16)18-15-6-13(9-25-20(15)29-28-18)14-7-23-12-24-8-14/h6-12H,1-5H2,(H,26,27)(H,25,28,29). The van der Waals surface area contributed by atoms with E-state index in [1.165, 1.54) is 25.6 Å². The fourth-order valence-electron chi connectivity index (χ4n) is 4.09. The van der Waals surface area contributed by atoms with Gasteiger partial charge < -0.3 is 9.88 Å². The van der Waals surface area contributed by atoms with Crippen molar-refractivity contribution in [2.75, 3.05) is 18.0 Å². The molecular formula is C21H19N9. The molecule has 0 aromatic carbocycles. The summed E-state index contributed by atoms with van der Waals surface area (Å²) >= 11 is 0. The van der Waals surface area contributed by atoms with Gasteiger partial charge in [0.1, 0.15) is 17.5 Å². The Balaban J connectivity index is 1.47. The maximum absolute atomic E-state index is 4.92. The van der Waals surface area contributed by atoms with E-state index in [0.29, 0.717) is 5.65 Å². The number of piperidine rings is 1. The van der Waals surface area contributed by atoms with Gasteiger partial charge in [-0.3, -0.25) is 10.1 Å². The van der Waals surface area contributed by atoms with Crippen molar-refractivity contribution in [1.29, 1.82) is 0 Å². The van der Waals surface area contributed by atoms with Crippen LogP contribution in [0.4, 0.5) is 5.69 Å². The molecule has 0 spiro atoms. The summed E-state index contributed by atoms with van der Waals surface area (Å²) in [6.45, 7) is 2.09. The second-order valence-corrected chi connectivity index (χ2v) is 7.51. The molecule has 5 aromatic rings. The highest BCUT2D eigenvalue weighted by atomic mass is 15.2. The van der Waals surface area contributed by atoms with Gasteiger partial charge in [0.15, 0.2) is 11.5 Å². The minimum atomic E-state index is 0.639. The molecule has 6 rings (SSSR count). The molecule has 9 nitrogen and oxygen atoms in total. The van der Waals surface area contributed by atoms with Crippen LogP contribution in [-0.2, 0) is 0 Å². The van der Waals surface area contributed by atoms with Gasteiger partial charge in [0.2, 0.25) is 0 Å². The topological polar surface area (TPSA) is 112 Å². The van der Waals surface area contributed by atoms with Crippen molar-refractivity contribution >= 4 is 27.8 Å². The number of fused-ring (bicyclic) bond motifs is 2. The van der Waals surface area contributed by atoms with Crippen LogP contribution in [0.5, 0.6) is 0 Å². The molecule has 1 fully saturated rings. The first-order valence-corrected chi connectivity index (χ1v) is 10.1. The fraction of sp³-hybridized carbons (Fsp3) is 0.238. The predicted molar refractivity (Wildman–Crippen MR) is 114 cm³/mol. The van der Waals surface area contributed by atoms with Crippen LogP contribution in [0.25, 0.3) is 44.7 Å². The van der Waals surface area contributed by atoms with Gasteiger partial charge in [-0.05, 0) is 25.3 Å². The van der Waals surface area contributed by atoms with E-state index in [1.807, 2.05) is 18.5 Å². The number of aromatic amines is 2. The molecule has 1 aliphatic rings. The lowest BCUT2D eigenvalue weighted by atomic mass is 10.1. The summed E-state index contributed by atoms with van der Waals surface area (Å²) in [6.07, 6.45) is 14.3. The van der Waals surface area contributed by atoms with Crippen LogP contribution < -0.4 is 4.90 Å². The van der Waals surface area contributed by atoms with Gasteiger partial charge in [-0.1, -0.05) is 0 Å². The van der Waals surface area contributed by atoms with Crippen molar-refractivity contribution in [3.8, 4) is 22.6 Å². The van der Waals surface area contributed by atoms with E-state index in [0.717, 1.165) is 57.8 Å². The molecule has 1 saturated heterocycles. The number of hydrogen-bond acceptors (Lipinski definition) is 7. The number of hydrogen-bond donors (Lipinski definition) is 2. The normalized spacial score (nSPS) is 14.6. The van der Waals surface area contributed by atoms with E-state index in [9.17, 15) is 0 Å². The van der Waals surface area contributed by atoms with E-state index in [2.05, 4.69) is 40.0 Å². The second-order valence-electron chi connectivity index (χ2n) is 7.51. The lowest BCUT2D eigenvalue weighted by Gasteiger charge is -2.28. The van der Waals surface area contributed by atoms with Gasteiger partial charge >= 0.3 is 0 Å². The molecule has 30 heavy (non-hydrogen) atoms. The average Bonchev–Trinajstić information content (AvgIpc) is 3.43. The predicted octanol–water partition coefficient (Wildman–Crippen LogP) is 3.34. The second kappa shape index (κ2) is 6.87. The molecular weight excluding hydrogens is 378 g/mol. The minimum absolute atomic E-state index is 0.639. The molecule has 0 amide bonds. The zero-order valence-electron chi connectivity index (χ0n) is 16.2. The zero-order chi connectivity index (χ0) is 19.9. The molecule has 0 radical (unpaired) electrons. The third kappa shape index (κ3) is 2.78. The van der Waals surface area contributed by atoms with Crippen LogP contribution in [0.3, 0.4) is 0 Å². The molecule has 0 saturated carbocycles. The number of rotatable bonds is 3. The molecule has 5 aromatic heterocycles. The summed E-state index contributed by atoms with van der Waals surface area (Å²) in [6, 6.07) is 2.04. The summed E-state index contributed by atoms with van der Waals surface area (Å²) in [7, 11) is 0. The fourth-order valence-corrected chi connectivity index (χ4v) is 4.09. The Bertz CT molecular complexity index is 1330. The Morgan fingerprint density at radius 3 is 2.60 bits per heavy atom. The Morgan fingerprint density at radius 2 is 1.73 bits per heavy atom. The van der Waals surface area contributed by atoms with Crippen LogP contribution in [0.2, 0.25) is 0 Å². The summed E-state index contributed by atoms with van der Waals surface area (Å²) in [5.41, 5.74) is 6.20. The molecule has 0 aliphatic carbocycles. The lowest BCUT2D eigenvalue weighted by Crippen LogP contribution is -2.29. The van der Waals surface area contributed by atoms with Gasteiger partial charge in [-0.25, -0.2) is 19.9 Å². The summed E-state index contributed by atoms with van der Waals surface area (Å²) in [5.74, 6) is 0.724. The highest BCUT2D eigenvalue weighted by Gasteiger charge is 2.19. The Morgan fingerprint density at radius 1 is 0.867 bits per heavy atom. The number of H-pyrrole nitrogens is 2. The van der Waals surface area contributed by atoms with E-state index in [4.69, 9.17) is 4.98 Å². The van der Waals surface area contributed by atoms with Gasteiger partial charge in [0.05, 0.1) is 29.0 Å². The number of imidazole rings is 1. The quantitative estimate of drug-likeness (QED) is 0.480. The van der Waals surface area contributed by atoms with Crippen LogP contribution in [0.15, 0.2) is 43.4 Å². The number of anilines is 1. The number of nitrogens with one attached hydrogen (secondary N) is 2. The monoisotopic (exact) mass is 397 g/mol. The number of aromatic nitrogens is 8. The molecule has 1 aliphatic heterocycles. The number of pyridine rings is 2. The first-order chi connectivity index (χ1) is 14.9. The number of nitrogens with zero attached hydrogens (tertiary/aromatic N) is 7. The summed E-state index contributed by atoms with van der Waals surface area (Å²) in [4.78, 5) is 27.8. The maximum atomic E-state index is 4.92. The zero-order valence-corrected chi connectivity index (χ0v) is 16.2. The SMILES string of the molecule is c1ncc(-c2cnc3n[nH]c(-c4nc5c(N6CCCCC6)cncc5[nH]4)c3c2)cn1. The van der Waals surface area contributed by atoms with E-state index in [1.54, 1.807) is 18.6 Å². The van der Waals surface area contributed by atoms with Crippen molar-refractivity contribution in [3.63, 3.8) is 0 Å². The van der Waals surface area contributed by atoms with E-state index in [-0.39, 0.29) is 0 Å². The molecule has 148 valence electrons. The summed E-state index contributed by atoms with van der Waals surface area (Å²) < 4.78 is 0. The van der Waals surface area contributed by atoms with Gasteiger partial charge in [0.25, 0.3) is 0 Å². The van der Waals surface area contributed by atoms with Crippen molar-refractivity contribution < 1.29 is 0 Å². The van der Waals surface area contributed by atoms with E-state index < -0.39 is 0 Å². The van der Waals surface area contributed by atoms with Gasteiger partial charge in [-0.15, -0.1) is 0 Å². The van der Waals surface area contributed by atoms with Crippen molar-refractivity contribution in [3.05, 3.63) is 43.4 Å². The average molecular weight is 397 g/mol. The van der Waals surface area contributed by atoms with Crippen LogP contribution in [0.1, 0.15) is 19.3 Å². The van der Waals surface area contributed by atoms with Crippen LogP contribution in [-0.4, -0.2) is 53.2 Å².